The van der Waals surface area contributed by atoms with Crippen LogP contribution < -0.4 is 0 Å². The molecule has 4 nitrogen and oxygen atoms in total. The van der Waals surface area contributed by atoms with Crippen molar-refractivity contribution in [3.05, 3.63) is 12.2 Å². The molecule has 2 saturated heterocycles. The van der Waals surface area contributed by atoms with Crippen molar-refractivity contribution in [2.45, 2.75) is 26.8 Å². The predicted octanol–water partition coefficient (Wildman–Crippen LogP) is 1.05. The minimum absolute atomic E-state index is 0.211. The van der Waals surface area contributed by atoms with E-state index in [2.05, 4.69) is 30.2 Å². The van der Waals surface area contributed by atoms with Crippen LogP contribution in [-0.2, 0) is 4.79 Å². The normalized spacial score (nSPS) is 29.7. The highest BCUT2D eigenvalue weighted by atomic mass is 16.2. The van der Waals surface area contributed by atoms with Gasteiger partial charge in [-0.25, -0.2) is 0 Å². The van der Waals surface area contributed by atoms with Crippen LogP contribution in [0.3, 0.4) is 0 Å². The van der Waals surface area contributed by atoms with Crippen molar-refractivity contribution >= 4 is 5.91 Å². The Kier molecular flexibility index (Phi) is 4.63. The minimum atomic E-state index is 0.211. The third-order valence-corrected chi connectivity index (χ3v) is 4.37. The lowest BCUT2D eigenvalue weighted by Crippen LogP contribution is -2.53. The summed E-state index contributed by atoms with van der Waals surface area (Å²) in [5, 5.41) is 0. The Balaban J connectivity index is 1.86. The van der Waals surface area contributed by atoms with Crippen LogP contribution in [0, 0.1) is 5.92 Å². The Morgan fingerprint density at radius 1 is 1.16 bits per heavy atom. The van der Waals surface area contributed by atoms with E-state index in [1.54, 1.807) is 6.92 Å². The Hall–Kier alpha value is -0.870. The van der Waals surface area contributed by atoms with Gasteiger partial charge in [0.2, 0.25) is 5.91 Å². The summed E-state index contributed by atoms with van der Waals surface area (Å²) in [6.45, 7) is 17.3. The topological polar surface area (TPSA) is 26.8 Å². The van der Waals surface area contributed by atoms with E-state index >= 15 is 0 Å². The zero-order chi connectivity index (χ0) is 14.0. The van der Waals surface area contributed by atoms with Crippen LogP contribution in [0.2, 0.25) is 0 Å². The molecule has 2 rings (SSSR count). The van der Waals surface area contributed by atoms with E-state index in [1.807, 2.05) is 4.90 Å². The van der Waals surface area contributed by atoms with Gasteiger partial charge in [0.25, 0.3) is 0 Å². The monoisotopic (exact) mass is 265 g/mol. The molecule has 2 aliphatic rings. The second-order valence-corrected chi connectivity index (χ2v) is 6.24. The van der Waals surface area contributed by atoms with Crippen molar-refractivity contribution in [1.82, 2.24) is 14.7 Å². The van der Waals surface area contributed by atoms with Gasteiger partial charge in [-0.15, -0.1) is 0 Å². The predicted molar refractivity (Wildman–Crippen MR) is 78.0 cm³/mol. The summed E-state index contributed by atoms with van der Waals surface area (Å²) in [5.41, 5.74) is 1.24. The maximum atomic E-state index is 11.4. The summed E-state index contributed by atoms with van der Waals surface area (Å²) < 4.78 is 0. The summed E-state index contributed by atoms with van der Waals surface area (Å²) in [6.07, 6.45) is 0. The average Bonchev–Trinajstić information content (AvgIpc) is 2.69. The zero-order valence-electron chi connectivity index (χ0n) is 12.6. The molecule has 0 saturated carbocycles. The maximum Gasteiger partial charge on any atom is 0.219 e. The van der Waals surface area contributed by atoms with E-state index in [4.69, 9.17) is 0 Å². The molecule has 0 aromatic carbocycles. The highest BCUT2D eigenvalue weighted by molar-refractivity contribution is 5.73. The lowest BCUT2D eigenvalue weighted by atomic mass is 10.0. The number of hydrogen-bond donors (Lipinski definition) is 0. The highest BCUT2D eigenvalue weighted by Gasteiger charge is 2.35. The van der Waals surface area contributed by atoms with Gasteiger partial charge in [-0.2, -0.15) is 0 Å². The van der Waals surface area contributed by atoms with E-state index in [0.717, 1.165) is 39.3 Å². The molecule has 0 bridgehead atoms. The molecule has 4 heteroatoms. The van der Waals surface area contributed by atoms with E-state index in [0.29, 0.717) is 12.0 Å². The van der Waals surface area contributed by atoms with Gasteiger partial charge in [-0.1, -0.05) is 19.1 Å². The summed E-state index contributed by atoms with van der Waals surface area (Å²) >= 11 is 0. The first-order valence-electron chi connectivity index (χ1n) is 7.33. The fourth-order valence-electron chi connectivity index (χ4n) is 3.40. The van der Waals surface area contributed by atoms with E-state index < -0.39 is 0 Å². The second kappa shape index (κ2) is 6.06. The number of carbonyl (C=O) groups is 1. The molecular weight excluding hydrogens is 238 g/mol. The molecule has 19 heavy (non-hydrogen) atoms. The van der Waals surface area contributed by atoms with Crippen LogP contribution in [0.15, 0.2) is 12.2 Å². The molecule has 1 amide bonds. The zero-order valence-corrected chi connectivity index (χ0v) is 12.6. The summed E-state index contributed by atoms with van der Waals surface area (Å²) in [7, 11) is 0. The Morgan fingerprint density at radius 2 is 1.79 bits per heavy atom. The van der Waals surface area contributed by atoms with Gasteiger partial charge in [-0.3, -0.25) is 14.6 Å². The van der Waals surface area contributed by atoms with Crippen LogP contribution in [-0.4, -0.2) is 72.5 Å². The number of carbonyl (C=O) groups excluding carboxylic acids is 1. The lowest BCUT2D eigenvalue weighted by molar-refractivity contribution is -0.130. The maximum absolute atomic E-state index is 11.4. The molecule has 2 atom stereocenters. The number of amides is 1. The highest BCUT2D eigenvalue weighted by Crippen LogP contribution is 2.23. The Bertz CT molecular complexity index is 347. The van der Waals surface area contributed by atoms with E-state index in [-0.39, 0.29) is 5.91 Å². The summed E-state index contributed by atoms with van der Waals surface area (Å²) in [5.74, 6) is 0.922. The molecule has 0 aliphatic carbocycles. The smallest absolute Gasteiger partial charge is 0.219 e. The summed E-state index contributed by atoms with van der Waals surface area (Å²) in [4.78, 5) is 18.4. The number of likely N-dealkylation sites (tertiary alicyclic amines) is 1. The number of nitrogens with zero attached hydrogens (tertiary/aromatic N) is 3. The lowest BCUT2D eigenvalue weighted by Gasteiger charge is -2.39. The Labute approximate surface area is 117 Å². The standard InChI is InChI=1S/C15H27N3O/c1-12(2)9-16-10-13(3)15(11-16)18-7-5-17(6-8-18)14(4)19/h13,15H,1,5-11H2,2-4H3. The van der Waals surface area contributed by atoms with Gasteiger partial charge < -0.3 is 4.90 Å². The molecular formula is C15H27N3O. The molecule has 2 unspecified atom stereocenters. The fourth-order valence-corrected chi connectivity index (χ4v) is 3.40. The molecule has 2 aliphatic heterocycles. The van der Waals surface area contributed by atoms with Crippen LogP contribution in [0.5, 0.6) is 0 Å². The third kappa shape index (κ3) is 3.57. The van der Waals surface area contributed by atoms with Gasteiger partial charge >= 0.3 is 0 Å². The number of rotatable bonds is 3. The Morgan fingerprint density at radius 3 is 2.32 bits per heavy atom. The first-order valence-corrected chi connectivity index (χ1v) is 7.33. The van der Waals surface area contributed by atoms with E-state index in [9.17, 15) is 4.79 Å². The van der Waals surface area contributed by atoms with Gasteiger partial charge in [0.05, 0.1) is 0 Å². The SMILES string of the molecule is C=C(C)CN1CC(C)C(N2CCN(C(C)=O)CC2)C1. The van der Waals surface area contributed by atoms with Crippen LogP contribution in [0.1, 0.15) is 20.8 Å². The van der Waals surface area contributed by atoms with Crippen molar-refractivity contribution in [3.63, 3.8) is 0 Å². The van der Waals surface area contributed by atoms with Gasteiger partial charge in [0.15, 0.2) is 0 Å². The third-order valence-electron chi connectivity index (χ3n) is 4.37. The first kappa shape index (κ1) is 14.5. The molecule has 0 N–H and O–H groups in total. The number of piperazine rings is 1. The largest absolute Gasteiger partial charge is 0.340 e. The van der Waals surface area contributed by atoms with Crippen molar-refractivity contribution in [3.8, 4) is 0 Å². The minimum Gasteiger partial charge on any atom is -0.340 e. The molecule has 2 fully saturated rings. The van der Waals surface area contributed by atoms with Crippen LogP contribution >= 0.6 is 0 Å². The van der Waals surface area contributed by atoms with Crippen molar-refractivity contribution in [2.75, 3.05) is 45.8 Å². The van der Waals surface area contributed by atoms with Crippen molar-refractivity contribution in [1.29, 1.82) is 0 Å². The van der Waals surface area contributed by atoms with Gasteiger partial charge in [0.1, 0.15) is 0 Å². The average molecular weight is 265 g/mol. The summed E-state index contributed by atoms with van der Waals surface area (Å²) in [6, 6.07) is 0.647. The number of hydrogen-bond acceptors (Lipinski definition) is 3. The van der Waals surface area contributed by atoms with Crippen LogP contribution in [0.4, 0.5) is 0 Å². The van der Waals surface area contributed by atoms with Crippen LogP contribution in [0.25, 0.3) is 0 Å². The molecule has 0 aromatic heterocycles. The van der Waals surface area contributed by atoms with E-state index in [1.165, 1.54) is 12.1 Å². The molecule has 2 heterocycles. The molecule has 0 aromatic rings. The second-order valence-electron chi connectivity index (χ2n) is 6.24. The van der Waals surface area contributed by atoms with Crippen molar-refractivity contribution < 1.29 is 4.79 Å². The fraction of sp³-hybridized carbons (Fsp3) is 0.800. The molecule has 0 radical (unpaired) electrons. The van der Waals surface area contributed by atoms with Crippen molar-refractivity contribution in [2.24, 2.45) is 5.92 Å². The van der Waals surface area contributed by atoms with Gasteiger partial charge in [-0.05, 0) is 12.8 Å². The van der Waals surface area contributed by atoms with Gasteiger partial charge in [0, 0.05) is 58.8 Å². The quantitative estimate of drug-likeness (QED) is 0.714. The first-order chi connectivity index (χ1) is 8.97. The molecule has 108 valence electrons. The molecule has 0 spiro atoms.